The molecular formula is C15H23IO. The molecule has 96 valence electrons. The Bertz CT molecular complexity index is 335. The maximum atomic E-state index is 6.17. The van der Waals surface area contributed by atoms with Gasteiger partial charge in [0.15, 0.2) is 0 Å². The maximum Gasteiger partial charge on any atom is 0.0920 e. The predicted octanol–water partition coefficient (Wildman–Crippen LogP) is 4.92. The van der Waals surface area contributed by atoms with Crippen LogP contribution in [0.5, 0.6) is 0 Å². The van der Waals surface area contributed by atoms with Crippen LogP contribution in [0.2, 0.25) is 0 Å². The highest BCUT2D eigenvalue weighted by atomic mass is 127. The zero-order valence-electron chi connectivity index (χ0n) is 11.2. The Morgan fingerprint density at radius 1 is 1.18 bits per heavy atom. The Labute approximate surface area is 119 Å². The van der Waals surface area contributed by atoms with Crippen molar-refractivity contribution in [1.82, 2.24) is 0 Å². The SMILES string of the molecule is Cc1ccccc1C(CI)OC(C)CC(C)C. The molecule has 0 bridgehead atoms. The van der Waals surface area contributed by atoms with Gasteiger partial charge in [0.25, 0.3) is 0 Å². The first kappa shape index (κ1) is 15.0. The van der Waals surface area contributed by atoms with Gasteiger partial charge in [-0.25, -0.2) is 0 Å². The third-order valence-electron chi connectivity index (χ3n) is 2.88. The molecule has 1 rings (SSSR count). The molecule has 0 aliphatic rings. The lowest BCUT2D eigenvalue weighted by molar-refractivity contribution is 0.000593. The Kier molecular flexibility index (Phi) is 6.49. The van der Waals surface area contributed by atoms with Gasteiger partial charge in [-0.15, -0.1) is 0 Å². The van der Waals surface area contributed by atoms with E-state index in [4.69, 9.17) is 4.74 Å². The summed E-state index contributed by atoms with van der Waals surface area (Å²) in [5.74, 6) is 0.691. The summed E-state index contributed by atoms with van der Waals surface area (Å²) in [4.78, 5) is 0. The van der Waals surface area contributed by atoms with Gasteiger partial charge < -0.3 is 4.74 Å². The normalized spacial score (nSPS) is 14.9. The summed E-state index contributed by atoms with van der Waals surface area (Å²) >= 11 is 2.41. The summed E-state index contributed by atoms with van der Waals surface area (Å²) in [5.41, 5.74) is 2.66. The zero-order valence-corrected chi connectivity index (χ0v) is 13.4. The third kappa shape index (κ3) is 4.96. The van der Waals surface area contributed by atoms with Crippen molar-refractivity contribution in [2.24, 2.45) is 5.92 Å². The summed E-state index contributed by atoms with van der Waals surface area (Å²) in [5, 5.41) is 0. The second-order valence-corrected chi connectivity index (χ2v) is 5.96. The van der Waals surface area contributed by atoms with Crippen LogP contribution in [0.1, 0.15) is 44.4 Å². The van der Waals surface area contributed by atoms with Crippen molar-refractivity contribution < 1.29 is 4.74 Å². The van der Waals surface area contributed by atoms with E-state index in [1.165, 1.54) is 11.1 Å². The topological polar surface area (TPSA) is 9.23 Å². The molecule has 0 aromatic heterocycles. The summed E-state index contributed by atoms with van der Waals surface area (Å²) < 4.78 is 7.17. The lowest BCUT2D eigenvalue weighted by atomic mass is 10.0. The van der Waals surface area contributed by atoms with Gasteiger partial charge in [-0.05, 0) is 37.3 Å². The van der Waals surface area contributed by atoms with E-state index in [9.17, 15) is 0 Å². The molecule has 17 heavy (non-hydrogen) atoms. The fourth-order valence-corrected chi connectivity index (χ4v) is 2.82. The lowest BCUT2D eigenvalue weighted by Gasteiger charge is -2.23. The van der Waals surface area contributed by atoms with Crippen molar-refractivity contribution in [2.75, 3.05) is 4.43 Å². The zero-order chi connectivity index (χ0) is 12.8. The Morgan fingerprint density at radius 2 is 1.82 bits per heavy atom. The predicted molar refractivity (Wildman–Crippen MR) is 82.8 cm³/mol. The number of rotatable bonds is 6. The molecule has 1 nitrogen and oxygen atoms in total. The molecular weight excluding hydrogens is 323 g/mol. The maximum absolute atomic E-state index is 6.17. The summed E-state index contributed by atoms with van der Waals surface area (Å²) in [6.45, 7) is 8.82. The van der Waals surface area contributed by atoms with Crippen LogP contribution in [0.3, 0.4) is 0 Å². The standard InChI is InChI=1S/C15H23IO/c1-11(2)9-13(4)17-15(10-16)14-8-6-5-7-12(14)3/h5-8,11,13,15H,9-10H2,1-4H3. The minimum atomic E-state index is 0.227. The van der Waals surface area contributed by atoms with Gasteiger partial charge in [-0.2, -0.15) is 0 Å². The van der Waals surface area contributed by atoms with Crippen LogP contribution in [-0.2, 0) is 4.74 Å². The monoisotopic (exact) mass is 346 g/mol. The molecule has 0 aliphatic heterocycles. The van der Waals surface area contributed by atoms with Crippen LogP contribution in [-0.4, -0.2) is 10.5 Å². The fourth-order valence-electron chi connectivity index (χ4n) is 2.14. The van der Waals surface area contributed by atoms with E-state index in [0.717, 1.165) is 10.8 Å². The molecule has 0 spiro atoms. The molecule has 0 saturated carbocycles. The number of benzene rings is 1. The summed E-state index contributed by atoms with van der Waals surface area (Å²) in [6.07, 6.45) is 1.68. The first-order valence-corrected chi connectivity index (χ1v) is 7.84. The Morgan fingerprint density at radius 3 is 2.35 bits per heavy atom. The second kappa shape index (κ2) is 7.37. The van der Waals surface area contributed by atoms with Gasteiger partial charge in [-0.1, -0.05) is 60.7 Å². The lowest BCUT2D eigenvalue weighted by Crippen LogP contribution is -2.17. The molecule has 2 atom stereocenters. The van der Waals surface area contributed by atoms with Crippen molar-refractivity contribution >= 4 is 22.6 Å². The first-order chi connectivity index (χ1) is 8.04. The molecule has 0 aliphatic carbocycles. The van der Waals surface area contributed by atoms with Crippen LogP contribution in [0.25, 0.3) is 0 Å². The Balaban J connectivity index is 2.69. The molecule has 0 fully saturated rings. The minimum absolute atomic E-state index is 0.227. The highest BCUT2D eigenvalue weighted by molar-refractivity contribution is 14.1. The van der Waals surface area contributed by atoms with Gasteiger partial charge in [-0.3, -0.25) is 0 Å². The number of halogens is 1. The highest BCUT2D eigenvalue weighted by Gasteiger charge is 2.16. The molecule has 0 amide bonds. The van der Waals surface area contributed by atoms with Crippen molar-refractivity contribution in [3.63, 3.8) is 0 Å². The van der Waals surface area contributed by atoms with Gasteiger partial charge in [0, 0.05) is 4.43 Å². The van der Waals surface area contributed by atoms with E-state index in [2.05, 4.69) is 74.6 Å². The quantitative estimate of drug-likeness (QED) is 0.525. The van der Waals surface area contributed by atoms with Crippen LogP contribution in [0.15, 0.2) is 24.3 Å². The number of alkyl halides is 1. The second-order valence-electron chi connectivity index (χ2n) is 5.08. The highest BCUT2D eigenvalue weighted by Crippen LogP contribution is 2.26. The Hall–Kier alpha value is -0.0900. The van der Waals surface area contributed by atoms with Crippen LogP contribution < -0.4 is 0 Å². The number of hydrogen-bond donors (Lipinski definition) is 0. The van der Waals surface area contributed by atoms with Gasteiger partial charge >= 0.3 is 0 Å². The molecule has 1 aromatic carbocycles. The average Bonchev–Trinajstić information content (AvgIpc) is 2.26. The van der Waals surface area contributed by atoms with Crippen LogP contribution in [0, 0.1) is 12.8 Å². The van der Waals surface area contributed by atoms with Crippen molar-refractivity contribution in [3.8, 4) is 0 Å². The van der Waals surface area contributed by atoms with E-state index in [1.54, 1.807) is 0 Å². The molecule has 0 radical (unpaired) electrons. The first-order valence-electron chi connectivity index (χ1n) is 6.31. The molecule has 0 N–H and O–H groups in total. The number of aryl methyl sites for hydroxylation is 1. The van der Waals surface area contributed by atoms with E-state index in [1.807, 2.05) is 0 Å². The molecule has 2 unspecified atom stereocenters. The fraction of sp³-hybridized carbons (Fsp3) is 0.600. The summed E-state index contributed by atoms with van der Waals surface area (Å²) in [6, 6.07) is 8.52. The largest absolute Gasteiger partial charge is 0.370 e. The molecule has 1 aromatic rings. The van der Waals surface area contributed by atoms with Crippen molar-refractivity contribution in [2.45, 2.75) is 46.3 Å². The van der Waals surface area contributed by atoms with E-state index >= 15 is 0 Å². The van der Waals surface area contributed by atoms with Crippen LogP contribution >= 0.6 is 22.6 Å². The average molecular weight is 346 g/mol. The van der Waals surface area contributed by atoms with Gasteiger partial charge in [0.05, 0.1) is 12.2 Å². The third-order valence-corrected chi connectivity index (χ3v) is 3.68. The molecule has 2 heteroatoms. The van der Waals surface area contributed by atoms with E-state index < -0.39 is 0 Å². The van der Waals surface area contributed by atoms with Crippen LogP contribution in [0.4, 0.5) is 0 Å². The summed E-state index contributed by atoms with van der Waals surface area (Å²) in [7, 11) is 0. The number of hydrogen-bond acceptors (Lipinski definition) is 1. The van der Waals surface area contributed by atoms with E-state index in [-0.39, 0.29) is 6.10 Å². The van der Waals surface area contributed by atoms with Gasteiger partial charge in [0.2, 0.25) is 0 Å². The smallest absolute Gasteiger partial charge is 0.0920 e. The molecule has 0 saturated heterocycles. The van der Waals surface area contributed by atoms with Crippen molar-refractivity contribution in [1.29, 1.82) is 0 Å². The van der Waals surface area contributed by atoms with Gasteiger partial charge in [0.1, 0.15) is 0 Å². The van der Waals surface area contributed by atoms with E-state index in [0.29, 0.717) is 12.0 Å². The molecule has 0 heterocycles. The van der Waals surface area contributed by atoms with Crippen molar-refractivity contribution in [3.05, 3.63) is 35.4 Å². The number of ether oxygens (including phenoxy) is 1. The minimum Gasteiger partial charge on any atom is -0.370 e.